The summed E-state index contributed by atoms with van der Waals surface area (Å²) in [4.78, 5) is 66.2. The standard InChI is InChI=1S/C47H58FN4O8PS/c1-8-30-23-47(30,61(56,57)26-29-12-11-13-31(48)18-29)24-41(53)40-20-34(25-52(40)44(55)36(46(4,5)6)21-43(54)60-32-14-9-10-15-32)59-42-22-38(39-27-62-45(51-39)49-28(2)3)50-37-19-33(58-7)16-17-35(37)42/h8,11-13,16-19,22,27-28,30,32,34,36,40H,1,9-10,14-15,20-21,23-26H2,2-7H3,(H,49,51)(H,56,57)/t30-,34-,36-,40+,47-/m1/s1. The van der Waals surface area contributed by atoms with Gasteiger partial charge in [0.1, 0.15) is 35.2 Å². The summed E-state index contributed by atoms with van der Waals surface area (Å²) in [5.74, 6) is -1.95. The van der Waals surface area contributed by atoms with E-state index in [1.54, 1.807) is 19.3 Å². The van der Waals surface area contributed by atoms with Gasteiger partial charge in [0.05, 0.1) is 54.6 Å². The monoisotopic (exact) mass is 888 g/mol. The molecule has 12 nitrogen and oxygen atoms in total. The van der Waals surface area contributed by atoms with Crippen molar-refractivity contribution < 1.29 is 42.4 Å². The maximum atomic E-state index is 15.0. The number of carbonyl (C=O) groups excluding carboxylic acids is 3. The van der Waals surface area contributed by atoms with E-state index >= 15 is 0 Å². The molecule has 0 bridgehead atoms. The number of nitrogens with zero attached hydrogens (tertiary/aromatic N) is 3. The summed E-state index contributed by atoms with van der Waals surface area (Å²) in [6.07, 6.45) is 3.87. The maximum absolute atomic E-state index is 15.0. The number of nitrogens with one attached hydrogen (secondary N) is 1. The van der Waals surface area contributed by atoms with Gasteiger partial charge >= 0.3 is 5.97 Å². The van der Waals surface area contributed by atoms with Crippen molar-refractivity contribution in [3.8, 4) is 22.9 Å². The third-order valence-electron chi connectivity index (χ3n) is 12.5. The zero-order chi connectivity index (χ0) is 44.6. The van der Waals surface area contributed by atoms with Crippen molar-refractivity contribution >= 4 is 52.4 Å². The van der Waals surface area contributed by atoms with Crippen molar-refractivity contribution in [3.05, 3.63) is 77.9 Å². The fourth-order valence-corrected chi connectivity index (χ4v) is 12.4. The van der Waals surface area contributed by atoms with Crippen LogP contribution in [0.5, 0.6) is 11.5 Å². The van der Waals surface area contributed by atoms with E-state index < -0.39 is 53.7 Å². The topological polar surface area (TPSA) is 157 Å². The van der Waals surface area contributed by atoms with E-state index in [0.717, 1.165) is 30.8 Å². The Bertz CT molecular complexity index is 2380. The molecule has 2 aromatic heterocycles. The highest BCUT2D eigenvalue weighted by molar-refractivity contribution is 7.59. The first kappa shape index (κ1) is 45.4. The molecule has 7 rings (SSSR count). The normalized spacial score (nSPS) is 22.9. The van der Waals surface area contributed by atoms with E-state index in [4.69, 9.17) is 24.2 Å². The van der Waals surface area contributed by atoms with E-state index in [2.05, 4.69) is 11.9 Å². The smallest absolute Gasteiger partial charge is 0.306 e. The average molecular weight is 889 g/mol. The highest BCUT2D eigenvalue weighted by Gasteiger charge is 2.65. The van der Waals surface area contributed by atoms with Gasteiger partial charge in [-0.3, -0.25) is 18.9 Å². The predicted octanol–water partition coefficient (Wildman–Crippen LogP) is 9.59. The molecule has 1 amide bonds. The van der Waals surface area contributed by atoms with Gasteiger partial charge in [0.25, 0.3) is 0 Å². The molecule has 1 aliphatic heterocycles. The van der Waals surface area contributed by atoms with E-state index in [9.17, 15) is 28.2 Å². The van der Waals surface area contributed by atoms with Crippen LogP contribution in [0.25, 0.3) is 22.3 Å². The summed E-state index contributed by atoms with van der Waals surface area (Å²) in [5, 5.41) is 5.34. The molecule has 3 heterocycles. The summed E-state index contributed by atoms with van der Waals surface area (Å²) in [7, 11) is -2.57. The number of anilines is 1. The number of pyridine rings is 1. The van der Waals surface area contributed by atoms with E-state index in [1.165, 1.54) is 34.4 Å². The van der Waals surface area contributed by atoms with Crippen molar-refractivity contribution in [1.82, 2.24) is 14.9 Å². The number of hydrogen-bond donors (Lipinski definition) is 2. The van der Waals surface area contributed by atoms with Gasteiger partial charge in [0, 0.05) is 41.8 Å². The molecule has 2 N–H and O–H groups in total. The number of methoxy groups -OCH3 is 1. The number of carbonyl (C=O) groups is 3. The van der Waals surface area contributed by atoms with Crippen LogP contribution in [0.3, 0.4) is 0 Å². The molecule has 2 aliphatic carbocycles. The van der Waals surface area contributed by atoms with Crippen LogP contribution < -0.4 is 14.8 Å². The van der Waals surface area contributed by atoms with Gasteiger partial charge in [-0.15, -0.1) is 17.9 Å². The summed E-state index contributed by atoms with van der Waals surface area (Å²) < 4.78 is 46.7. The van der Waals surface area contributed by atoms with Gasteiger partial charge in [0.2, 0.25) is 13.3 Å². The molecular weight excluding hydrogens is 831 g/mol. The number of ether oxygens (including phenoxy) is 3. The number of amides is 1. The lowest BCUT2D eigenvalue weighted by Crippen LogP contribution is -2.48. The van der Waals surface area contributed by atoms with Gasteiger partial charge in [-0.05, 0) is 87.1 Å². The molecule has 4 aromatic rings. The van der Waals surface area contributed by atoms with Crippen LogP contribution in [0, 0.1) is 23.1 Å². The molecule has 2 saturated carbocycles. The number of allylic oxidation sites excluding steroid dienone is 1. The van der Waals surface area contributed by atoms with Gasteiger partial charge < -0.3 is 29.3 Å². The average Bonchev–Trinajstić information content (AvgIpc) is 3.60. The zero-order valence-electron chi connectivity index (χ0n) is 36.4. The third-order valence-corrected chi connectivity index (χ3v) is 16.2. The highest BCUT2D eigenvalue weighted by atomic mass is 32.1. The Hall–Kier alpha value is -4.65. The van der Waals surface area contributed by atoms with Gasteiger partial charge in [-0.2, -0.15) is 0 Å². The van der Waals surface area contributed by atoms with Crippen molar-refractivity contribution in [2.75, 3.05) is 19.0 Å². The van der Waals surface area contributed by atoms with Gasteiger partial charge in [0.15, 0.2) is 10.9 Å². The number of hydrogen-bond acceptors (Lipinski definition) is 11. The number of thiazole rings is 1. The van der Waals surface area contributed by atoms with Crippen LogP contribution in [0.15, 0.2) is 66.6 Å². The minimum atomic E-state index is -4.14. The van der Waals surface area contributed by atoms with Crippen LogP contribution in [0.1, 0.15) is 91.5 Å². The van der Waals surface area contributed by atoms with Gasteiger partial charge in [-0.1, -0.05) is 39.0 Å². The first-order valence-electron chi connectivity index (χ1n) is 21.5. The summed E-state index contributed by atoms with van der Waals surface area (Å²) >= 11 is 1.46. The molecule has 0 spiro atoms. The molecule has 0 radical (unpaired) electrons. The fraction of sp³-hybridized carbons (Fsp3) is 0.511. The Morgan fingerprint density at radius 2 is 1.85 bits per heavy atom. The van der Waals surface area contributed by atoms with Crippen molar-refractivity contribution in [2.24, 2.45) is 17.3 Å². The summed E-state index contributed by atoms with van der Waals surface area (Å²) in [6, 6.07) is 12.0. The number of Topliss-reactive ketones (excluding diaryl/α,β-unsaturated/α-hetero) is 1. The van der Waals surface area contributed by atoms with Crippen molar-refractivity contribution in [2.45, 2.75) is 122 Å². The number of ketones is 1. The summed E-state index contributed by atoms with van der Waals surface area (Å²) in [5.41, 5.74) is 1.46. The lowest BCUT2D eigenvalue weighted by atomic mass is 9.77. The van der Waals surface area contributed by atoms with E-state index in [-0.39, 0.29) is 62.2 Å². The van der Waals surface area contributed by atoms with Crippen LogP contribution in [-0.4, -0.2) is 80.5 Å². The number of rotatable bonds is 17. The molecule has 2 aromatic carbocycles. The van der Waals surface area contributed by atoms with Crippen LogP contribution in [0.2, 0.25) is 0 Å². The Balaban J connectivity index is 1.22. The Morgan fingerprint density at radius 1 is 1.10 bits per heavy atom. The molecule has 6 atom stereocenters. The van der Waals surface area contributed by atoms with E-state index in [0.29, 0.717) is 39.4 Å². The quantitative estimate of drug-likeness (QED) is 0.0591. The minimum absolute atomic E-state index is 0.0198. The fourth-order valence-electron chi connectivity index (χ4n) is 9.03. The zero-order valence-corrected chi connectivity index (χ0v) is 38.1. The van der Waals surface area contributed by atoms with Crippen LogP contribution >= 0.6 is 18.7 Å². The van der Waals surface area contributed by atoms with Crippen LogP contribution in [0.4, 0.5) is 9.52 Å². The summed E-state index contributed by atoms with van der Waals surface area (Å²) in [6.45, 7) is 13.7. The number of likely N-dealkylation sites (tertiary alicyclic amines) is 1. The SMILES string of the molecule is C=C[C@@H]1C[C@]1(CC(=O)[C@@H]1C[C@@H](Oc2cc(-c3csc(NC(C)C)n3)nc3cc(OC)ccc23)CN1C(=O)[C@@H](CC(=O)OC1CCCC1)C(C)(C)C)P(=O)(O)Cc1cccc(F)c1. The van der Waals surface area contributed by atoms with Crippen molar-refractivity contribution in [3.63, 3.8) is 0 Å². The van der Waals surface area contributed by atoms with Gasteiger partial charge in [-0.25, -0.2) is 14.4 Å². The molecule has 332 valence electrons. The Kier molecular flexibility index (Phi) is 13.3. The van der Waals surface area contributed by atoms with Crippen molar-refractivity contribution in [1.29, 1.82) is 0 Å². The number of halogens is 1. The number of aromatic nitrogens is 2. The molecule has 3 fully saturated rings. The lowest BCUT2D eigenvalue weighted by molar-refractivity contribution is -0.156. The molecule has 1 saturated heterocycles. The molecule has 3 aliphatic rings. The molecular formula is C47H58FN4O8PS. The second kappa shape index (κ2) is 18.2. The Morgan fingerprint density at radius 3 is 2.52 bits per heavy atom. The highest BCUT2D eigenvalue weighted by Crippen LogP contribution is 2.74. The Labute approximate surface area is 367 Å². The maximum Gasteiger partial charge on any atom is 0.306 e. The lowest BCUT2D eigenvalue weighted by Gasteiger charge is -2.35. The first-order valence-corrected chi connectivity index (χ1v) is 24.2. The predicted molar refractivity (Wildman–Crippen MR) is 239 cm³/mol. The second-order valence-electron chi connectivity index (χ2n) is 18.5. The molecule has 1 unspecified atom stereocenters. The molecule has 62 heavy (non-hydrogen) atoms. The number of esters is 1. The third kappa shape index (κ3) is 9.92. The number of benzene rings is 2. The molecule has 15 heteroatoms. The first-order chi connectivity index (χ1) is 29.4. The number of fused-ring (bicyclic) bond motifs is 1. The van der Waals surface area contributed by atoms with Crippen LogP contribution in [-0.2, 0) is 29.8 Å². The van der Waals surface area contributed by atoms with E-state index in [1.807, 2.05) is 64.3 Å². The largest absolute Gasteiger partial charge is 0.497 e. The minimum Gasteiger partial charge on any atom is -0.497 e. The second-order valence-corrected chi connectivity index (χ2v) is 22.0.